The lowest BCUT2D eigenvalue weighted by atomic mass is 10.0. The Morgan fingerprint density at radius 1 is 1.19 bits per heavy atom. The third-order valence-corrected chi connectivity index (χ3v) is 3.05. The van der Waals surface area contributed by atoms with E-state index in [1.807, 2.05) is 5.32 Å². The summed E-state index contributed by atoms with van der Waals surface area (Å²) in [7, 11) is 0. The fourth-order valence-electron chi connectivity index (χ4n) is 2.11. The summed E-state index contributed by atoms with van der Waals surface area (Å²) in [5, 5.41) is 18.5. The van der Waals surface area contributed by atoms with Gasteiger partial charge in [-0.2, -0.15) is 5.10 Å². The Kier molecular flexibility index (Phi) is 3.02. The predicted octanol–water partition coefficient (Wildman–Crippen LogP) is 2.26. The molecule has 0 saturated carbocycles. The van der Waals surface area contributed by atoms with E-state index in [0.29, 0.717) is 5.56 Å². The van der Waals surface area contributed by atoms with Gasteiger partial charge in [0.05, 0.1) is 0 Å². The van der Waals surface area contributed by atoms with Crippen molar-refractivity contribution in [2.45, 2.75) is 0 Å². The summed E-state index contributed by atoms with van der Waals surface area (Å²) in [5.74, 6) is -2.29. The second-order valence-corrected chi connectivity index (χ2v) is 4.33. The van der Waals surface area contributed by atoms with E-state index in [0.717, 1.165) is 0 Å². The van der Waals surface area contributed by atoms with E-state index in [1.54, 1.807) is 30.3 Å². The Bertz CT molecular complexity index is 831. The zero-order chi connectivity index (χ0) is 15.0. The highest BCUT2D eigenvalue weighted by molar-refractivity contribution is 5.98. The van der Waals surface area contributed by atoms with Gasteiger partial charge in [0.15, 0.2) is 17.5 Å². The van der Waals surface area contributed by atoms with Crippen LogP contribution in [0.3, 0.4) is 0 Å². The molecule has 0 fully saturated rings. The predicted molar refractivity (Wildman–Crippen MR) is 70.5 cm³/mol. The molecule has 0 saturated heterocycles. The molecule has 0 atom stereocenters. The second-order valence-electron chi connectivity index (χ2n) is 4.33. The quantitative estimate of drug-likeness (QED) is 0.759. The number of aromatic nitrogens is 2. The van der Waals surface area contributed by atoms with E-state index in [-0.39, 0.29) is 22.3 Å². The van der Waals surface area contributed by atoms with Gasteiger partial charge < -0.3 is 15.2 Å². The summed E-state index contributed by atoms with van der Waals surface area (Å²) in [6.45, 7) is 0. The number of carbonyl (C=O) groups excluding carboxylic acids is 1. The molecule has 1 amide bonds. The molecule has 0 unspecified atom stereocenters. The number of H-pyrrole nitrogens is 1. The molecule has 0 radical (unpaired) electrons. The van der Waals surface area contributed by atoms with E-state index in [9.17, 15) is 18.7 Å². The van der Waals surface area contributed by atoms with Crippen LogP contribution in [0, 0.1) is 11.6 Å². The molecule has 0 aliphatic rings. The van der Waals surface area contributed by atoms with E-state index in [4.69, 9.17) is 0 Å². The van der Waals surface area contributed by atoms with Crippen LogP contribution in [0.15, 0.2) is 36.4 Å². The fraction of sp³-hybridized carbons (Fsp3) is 0. The van der Waals surface area contributed by atoms with Gasteiger partial charge in [-0.25, -0.2) is 8.78 Å². The Balaban J connectivity index is 2.26. The topological polar surface area (TPSA) is 80.8 Å². The number of hydrogen-bond donors (Lipinski definition) is 2. The average molecular weight is 288 g/mol. The molecule has 3 rings (SSSR count). The van der Waals surface area contributed by atoms with E-state index in [2.05, 4.69) is 10.2 Å². The van der Waals surface area contributed by atoms with Crippen LogP contribution < -0.4 is 10.4 Å². The Morgan fingerprint density at radius 2 is 1.90 bits per heavy atom. The van der Waals surface area contributed by atoms with Gasteiger partial charge in [0, 0.05) is 10.9 Å². The number of carbonyl (C=O) groups is 1. The lowest BCUT2D eigenvalue weighted by Gasteiger charge is -2.07. The highest BCUT2D eigenvalue weighted by atomic mass is 19.2. The number of nitrogens with zero attached hydrogens (tertiary/aromatic N) is 1. The number of benzene rings is 2. The molecule has 21 heavy (non-hydrogen) atoms. The molecule has 1 aromatic heterocycles. The Hall–Kier alpha value is -2.96. The van der Waals surface area contributed by atoms with Gasteiger partial charge in [-0.3, -0.25) is 5.10 Å². The molecule has 7 heteroatoms. The third-order valence-electron chi connectivity index (χ3n) is 3.05. The molecule has 3 aromatic rings. The van der Waals surface area contributed by atoms with E-state index >= 15 is 0 Å². The molecule has 1 heterocycles. The summed E-state index contributed by atoms with van der Waals surface area (Å²) >= 11 is 0. The molecule has 0 spiro atoms. The summed E-state index contributed by atoms with van der Waals surface area (Å²) in [4.78, 5) is 10.6. The molecule has 5 nitrogen and oxygen atoms in total. The number of carboxylic acid groups (broad SMARTS) is 1. The first-order chi connectivity index (χ1) is 10.1. The number of anilines is 1. The minimum absolute atomic E-state index is 0.0170. The number of hydrogen-bond acceptors (Lipinski definition) is 3. The normalized spacial score (nSPS) is 10.8. The first-order valence-corrected chi connectivity index (χ1v) is 5.97. The highest BCUT2D eigenvalue weighted by Crippen LogP contribution is 2.32. The maximum atomic E-state index is 14.1. The molecule has 0 aliphatic carbocycles. The maximum absolute atomic E-state index is 14.1. The fourth-order valence-corrected chi connectivity index (χ4v) is 2.11. The zero-order valence-electron chi connectivity index (χ0n) is 10.5. The Labute approximate surface area is 117 Å². The molecular weight excluding hydrogens is 280 g/mol. The van der Waals surface area contributed by atoms with Gasteiger partial charge in [-0.15, -0.1) is 0 Å². The number of halogens is 2. The minimum Gasteiger partial charge on any atom is -0.530 e. The smallest absolute Gasteiger partial charge is 0.185 e. The van der Waals surface area contributed by atoms with Gasteiger partial charge in [0.25, 0.3) is 0 Å². The van der Waals surface area contributed by atoms with Crippen molar-refractivity contribution < 1.29 is 18.7 Å². The SMILES string of the molecule is O=C([O-])Nc1n[nH]c2c(F)c(F)c(-c3ccccc3)cc12. The van der Waals surface area contributed by atoms with Crippen molar-refractivity contribution in [3.8, 4) is 11.1 Å². The summed E-state index contributed by atoms with van der Waals surface area (Å²) in [6, 6.07) is 9.69. The van der Waals surface area contributed by atoms with Crippen LogP contribution in [0.2, 0.25) is 0 Å². The van der Waals surface area contributed by atoms with Crippen molar-refractivity contribution in [2.24, 2.45) is 0 Å². The number of amides is 1. The standard InChI is InChI=1S/C14H9F2N3O2/c15-10-8(7-4-2-1-3-5-7)6-9-12(11(10)16)18-19-13(9)17-14(20)21/h1-6H,(H,20,21)(H2,17,18,19)/p-1. The Morgan fingerprint density at radius 3 is 2.57 bits per heavy atom. The number of rotatable bonds is 2. The lowest BCUT2D eigenvalue weighted by molar-refractivity contribution is -0.242. The third kappa shape index (κ3) is 2.18. The summed E-state index contributed by atoms with van der Waals surface area (Å²) in [6.07, 6.45) is -1.59. The maximum Gasteiger partial charge on any atom is 0.185 e. The van der Waals surface area contributed by atoms with Crippen LogP contribution in [0.4, 0.5) is 19.4 Å². The molecular formula is C14H8F2N3O2-. The van der Waals surface area contributed by atoms with Crippen LogP contribution in [0.25, 0.3) is 22.0 Å². The van der Waals surface area contributed by atoms with Gasteiger partial charge in [0.2, 0.25) is 0 Å². The first-order valence-electron chi connectivity index (χ1n) is 5.97. The molecule has 106 valence electrons. The van der Waals surface area contributed by atoms with Crippen molar-refractivity contribution in [2.75, 3.05) is 5.32 Å². The van der Waals surface area contributed by atoms with Gasteiger partial charge in [-0.1, -0.05) is 30.3 Å². The number of aromatic amines is 1. The molecule has 0 aliphatic heterocycles. The largest absolute Gasteiger partial charge is 0.530 e. The highest BCUT2D eigenvalue weighted by Gasteiger charge is 2.18. The van der Waals surface area contributed by atoms with E-state index < -0.39 is 17.7 Å². The number of nitrogens with one attached hydrogen (secondary N) is 2. The van der Waals surface area contributed by atoms with Crippen molar-refractivity contribution in [3.05, 3.63) is 48.0 Å². The van der Waals surface area contributed by atoms with E-state index in [1.165, 1.54) is 6.07 Å². The van der Waals surface area contributed by atoms with Crippen LogP contribution in [0.1, 0.15) is 0 Å². The molecule has 0 bridgehead atoms. The van der Waals surface area contributed by atoms with Crippen molar-refractivity contribution >= 4 is 22.8 Å². The van der Waals surface area contributed by atoms with Crippen LogP contribution in [0.5, 0.6) is 0 Å². The second kappa shape index (κ2) is 4.86. The van der Waals surface area contributed by atoms with Crippen LogP contribution >= 0.6 is 0 Å². The molecule has 2 N–H and O–H groups in total. The van der Waals surface area contributed by atoms with Crippen LogP contribution in [-0.4, -0.2) is 16.3 Å². The van der Waals surface area contributed by atoms with Crippen molar-refractivity contribution in [1.82, 2.24) is 10.2 Å². The zero-order valence-corrected chi connectivity index (χ0v) is 10.5. The minimum atomic E-state index is -1.59. The van der Waals surface area contributed by atoms with Gasteiger partial charge in [0.1, 0.15) is 11.6 Å². The first kappa shape index (κ1) is 13.0. The number of fused-ring (bicyclic) bond motifs is 1. The van der Waals surface area contributed by atoms with Crippen molar-refractivity contribution in [3.63, 3.8) is 0 Å². The molecule has 2 aromatic carbocycles. The monoisotopic (exact) mass is 288 g/mol. The summed E-state index contributed by atoms with van der Waals surface area (Å²) in [5.41, 5.74) is 0.274. The van der Waals surface area contributed by atoms with Gasteiger partial charge >= 0.3 is 0 Å². The van der Waals surface area contributed by atoms with Gasteiger partial charge in [-0.05, 0) is 11.6 Å². The lowest BCUT2D eigenvalue weighted by Crippen LogP contribution is -2.28. The van der Waals surface area contributed by atoms with Crippen molar-refractivity contribution in [1.29, 1.82) is 0 Å². The van der Waals surface area contributed by atoms with Crippen LogP contribution in [-0.2, 0) is 0 Å². The average Bonchev–Trinajstić information content (AvgIpc) is 2.86. The summed E-state index contributed by atoms with van der Waals surface area (Å²) < 4.78 is 28.2.